The SMILES string of the molecule is O=C(NCCNc1ccc([N+](=O)[O-])cn1)C1=CC(c2cccc3c2Cc2ccccc2-3)CC(OCc2ccc(CO)cc2)O1. The van der Waals surface area contributed by atoms with E-state index in [2.05, 4.69) is 58.1 Å². The third-order valence-corrected chi connectivity index (χ3v) is 7.88. The number of nitrogens with one attached hydrogen (secondary N) is 2. The second-order valence-corrected chi connectivity index (χ2v) is 10.8. The largest absolute Gasteiger partial charge is 0.459 e. The smallest absolute Gasteiger partial charge is 0.287 e. The molecule has 6 rings (SSSR count). The molecule has 2 atom stereocenters. The molecule has 0 fully saturated rings. The van der Waals surface area contributed by atoms with Gasteiger partial charge in [-0.3, -0.25) is 14.9 Å². The van der Waals surface area contributed by atoms with Gasteiger partial charge in [0.2, 0.25) is 6.29 Å². The Bertz CT molecular complexity index is 1690. The van der Waals surface area contributed by atoms with Gasteiger partial charge in [-0.15, -0.1) is 0 Å². The minimum Gasteiger partial charge on any atom is -0.459 e. The van der Waals surface area contributed by atoms with Gasteiger partial charge in [-0.05, 0) is 57.5 Å². The predicted octanol–water partition coefficient (Wildman–Crippen LogP) is 5.21. The van der Waals surface area contributed by atoms with Crippen LogP contribution < -0.4 is 10.6 Å². The lowest BCUT2D eigenvalue weighted by molar-refractivity contribution is -0.385. The Morgan fingerprint density at radius 1 is 1.00 bits per heavy atom. The van der Waals surface area contributed by atoms with E-state index in [-0.39, 0.29) is 36.4 Å². The van der Waals surface area contributed by atoms with Crippen molar-refractivity contribution in [3.8, 4) is 11.1 Å². The summed E-state index contributed by atoms with van der Waals surface area (Å²) in [7, 11) is 0. The molecule has 0 spiro atoms. The summed E-state index contributed by atoms with van der Waals surface area (Å²) in [5, 5.41) is 26.1. The maximum absolute atomic E-state index is 13.3. The van der Waals surface area contributed by atoms with Crippen molar-refractivity contribution < 1.29 is 24.3 Å². The Labute approximate surface area is 254 Å². The third kappa shape index (κ3) is 6.46. The molecule has 0 saturated carbocycles. The highest BCUT2D eigenvalue weighted by atomic mass is 16.7. The van der Waals surface area contributed by atoms with Gasteiger partial charge in [0.25, 0.3) is 11.6 Å². The second-order valence-electron chi connectivity index (χ2n) is 10.8. The van der Waals surface area contributed by atoms with Gasteiger partial charge in [0.05, 0.1) is 18.1 Å². The minimum absolute atomic E-state index is 0.0248. The number of fused-ring (bicyclic) bond motifs is 3. The first-order valence-electron chi connectivity index (χ1n) is 14.5. The van der Waals surface area contributed by atoms with E-state index in [0.717, 1.165) is 23.1 Å². The summed E-state index contributed by atoms with van der Waals surface area (Å²) in [4.78, 5) is 27.7. The number of allylic oxidation sites excluding steroid dienone is 1. The monoisotopic (exact) mass is 592 g/mol. The second kappa shape index (κ2) is 13.1. The Morgan fingerprint density at radius 2 is 1.80 bits per heavy atom. The molecular formula is C34H32N4O6. The lowest BCUT2D eigenvalue weighted by Crippen LogP contribution is -2.35. The van der Waals surface area contributed by atoms with Crippen LogP contribution in [0.4, 0.5) is 11.5 Å². The summed E-state index contributed by atoms with van der Waals surface area (Å²) in [6, 6.07) is 25.2. The highest BCUT2D eigenvalue weighted by molar-refractivity contribution is 5.91. The lowest BCUT2D eigenvalue weighted by atomic mass is 9.87. The zero-order valence-corrected chi connectivity index (χ0v) is 23.9. The van der Waals surface area contributed by atoms with Crippen molar-refractivity contribution >= 4 is 17.4 Å². The van der Waals surface area contributed by atoms with Crippen molar-refractivity contribution in [3.05, 3.63) is 135 Å². The number of anilines is 1. The van der Waals surface area contributed by atoms with Gasteiger partial charge in [-0.2, -0.15) is 0 Å². The lowest BCUT2D eigenvalue weighted by Gasteiger charge is -2.30. The summed E-state index contributed by atoms with van der Waals surface area (Å²) in [5.41, 5.74) is 7.83. The van der Waals surface area contributed by atoms with Gasteiger partial charge < -0.3 is 25.2 Å². The van der Waals surface area contributed by atoms with Crippen molar-refractivity contribution in [3.63, 3.8) is 0 Å². The fourth-order valence-electron chi connectivity index (χ4n) is 5.65. The number of aliphatic hydroxyl groups is 1. The fourth-order valence-corrected chi connectivity index (χ4v) is 5.65. The van der Waals surface area contributed by atoms with Crippen LogP contribution in [-0.4, -0.2) is 40.3 Å². The predicted molar refractivity (Wildman–Crippen MR) is 165 cm³/mol. The van der Waals surface area contributed by atoms with Crippen molar-refractivity contribution in [2.24, 2.45) is 0 Å². The zero-order valence-electron chi connectivity index (χ0n) is 23.9. The highest BCUT2D eigenvalue weighted by Crippen LogP contribution is 2.43. The molecule has 4 aromatic rings. The Balaban J connectivity index is 1.16. The molecule has 2 unspecified atom stereocenters. The molecule has 2 aliphatic rings. The first kappa shape index (κ1) is 29.0. The molecule has 3 aromatic carbocycles. The van der Waals surface area contributed by atoms with Crippen LogP contribution in [0.3, 0.4) is 0 Å². The number of hydrogen-bond donors (Lipinski definition) is 3. The van der Waals surface area contributed by atoms with Crippen molar-refractivity contribution in [2.75, 3.05) is 18.4 Å². The van der Waals surface area contributed by atoms with Crippen LogP contribution in [0.1, 0.15) is 40.2 Å². The van der Waals surface area contributed by atoms with E-state index in [1.54, 1.807) is 0 Å². The van der Waals surface area contributed by atoms with E-state index in [1.807, 2.05) is 30.3 Å². The van der Waals surface area contributed by atoms with Gasteiger partial charge in [-0.25, -0.2) is 4.98 Å². The summed E-state index contributed by atoms with van der Waals surface area (Å²) >= 11 is 0. The molecule has 0 radical (unpaired) electrons. The first-order valence-corrected chi connectivity index (χ1v) is 14.5. The van der Waals surface area contributed by atoms with Gasteiger partial charge in [0.1, 0.15) is 12.0 Å². The number of rotatable bonds is 11. The molecular weight excluding hydrogens is 560 g/mol. The van der Waals surface area contributed by atoms with E-state index < -0.39 is 11.2 Å². The Morgan fingerprint density at radius 3 is 2.57 bits per heavy atom. The minimum atomic E-state index is -0.648. The molecule has 2 heterocycles. The molecule has 0 bridgehead atoms. The molecule has 1 aliphatic carbocycles. The van der Waals surface area contributed by atoms with Crippen LogP contribution in [0, 0.1) is 10.1 Å². The molecule has 224 valence electrons. The average Bonchev–Trinajstić information content (AvgIpc) is 3.45. The number of carbonyl (C=O) groups is 1. The standard InChI is InChI=1S/C34H32N4O6/c39-20-22-8-10-23(11-9-22)21-43-33-18-25(28-6-3-7-29-27-5-2-1-4-24(27)16-30(28)29)17-31(44-33)34(40)36-15-14-35-32-13-12-26(19-37-32)38(41)42/h1-13,17,19,25,33,39H,14-16,18,20-21H2,(H,35,37)(H,36,40). The van der Waals surface area contributed by atoms with Crippen molar-refractivity contribution in [2.45, 2.75) is 38.3 Å². The molecule has 44 heavy (non-hydrogen) atoms. The summed E-state index contributed by atoms with van der Waals surface area (Å²) in [6.45, 7) is 0.911. The average molecular weight is 593 g/mol. The maximum atomic E-state index is 13.3. The number of ether oxygens (including phenoxy) is 2. The van der Waals surface area contributed by atoms with Crippen LogP contribution in [0.5, 0.6) is 0 Å². The maximum Gasteiger partial charge on any atom is 0.287 e. The number of aliphatic hydroxyl groups excluding tert-OH is 1. The molecule has 10 heteroatoms. The third-order valence-electron chi connectivity index (χ3n) is 7.88. The number of nitrogens with zero attached hydrogens (tertiary/aromatic N) is 2. The number of pyridine rings is 1. The number of amides is 1. The van der Waals surface area contributed by atoms with E-state index in [0.29, 0.717) is 25.4 Å². The van der Waals surface area contributed by atoms with Gasteiger partial charge in [-0.1, -0.05) is 66.7 Å². The van der Waals surface area contributed by atoms with E-state index in [4.69, 9.17) is 9.47 Å². The number of aromatic nitrogens is 1. The van der Waals surface area contributed by atoms with Crippen LogP contribution in [-0.2, 0) is 33.9 Å². The Kier molecular flexibility index (Phi) is 8.62. The quantitative estimate of drug-likeness (QED) is 0.108. The molecule has 1 aromatic heterocycles. The van der Waals surface area contributed by atoms with Crippen LogP contribution in [0.2, 0.25) is 0 Å². The van der Waals surface area contributed by atoms with Crippen LogP contribution in [0.15, 0.2) is 96.9 Å². The molecule has 3 N–H and O–H groups in total. The molecule has 0 saturated heterocycles. The normalized spacial score (nSPS) is 16.7. The van der Waals surface area contributed by atoms with Gasteiger partial charge in [0.15, 0.2) is 5.76 Å². The fraction of sp³-hybridized carbons (Fsp3) is 0.235. The Hall–Kier alpha value is -5.06. The summed E-state index contributed by atoms with van der Waals surface area (Å²) < 4.78 is 12.3. The topological polar surface area (TPSA) is 136 Å². The van der Waals surface area contributed by atoms with Gasteiger partial charge >= 0.3 is 0 Å². The van der Waals surface area contributed by atoms with Crippen molar-refractivity contribution in [1.29, 1.82) is 0 Å². The summed E-state index contributed by atoms with van der Waals surface area (Å²) in [6.07, 6.45) is 3.80. The first-order chi connectivity index (χ1) is 21.5. The van der Waals surface area contributed by atoms with Crippen LogP contribution >= 0.6 is 0 Å². The van der Waals surface area contributed by atoms with E-state index >= 15 is 0 Å². The molecule has 1 aliphatic heterocycles. The van der Waals surface area contributed by atoms with E-state index in [1.165, 1.54) is 40.6 Å². The molecule has 10 nitrogen and oxygen atoms in total. The van der Waals surface area contributed by atoms with Crippen LogP contribution in [0.25, 0.3) is 11.1 Å². The number of nitro groups is 1. The number of carbonyl (C=O) groups excluding carboxylic acids is 1. The van der Waals surface area contributed by atoms with E-state index in [9.17, 15) is 20.0 Å². The zero-order chi connectivity index (χ0) is 30.5. The van der Waals surface area contributed by atoms with Crippen molar-refractivity contribution in [1.82, 2.24) is 10.3 Å². The highest BCUT2D eigenvalue weighted by Gasteiger charge is 2.32. The number of hydrogen-bond acceptors (Lipinski definition) is 8. The number of benzene rings is 3. The van der Waals surface area contributed by atoms with Gasteiger partial charge in [0, 0.05) is 31.5 Å². The molecule has 1 amide bonds. The summed E-state index contributed by atoms with van der Waals surface area (Å²) in [5.74, 6) is 0.212.